The molecule has 0 aliphatic rings. The number of benzene rings is 1. The maximum atomic E-state index is 4.91. The first-order chi connectivity index (χ1) is 10.4. The summed E-state index contributed by atoms with van der Waals surface area (Å²) in [4.78, 5) is 9.38. The predicted molar refractivity (Wildman–Crippen MR) is 95.5 cm³/mol. The molecule has 0 fully saturated rings. The highest BCUT2D eigenvalue weighted by molar-refractivity contribution is 5.99. The zero-order valence-corrected chi connectivity index (χ0v) is 14.5. The molecule has 0 spiro atoms. The average molecular weight is 294 g/mol. The Morgan fingerprint density at radius 3 is 2.36 bits per heavy atom. The molecule has 116 valence electrons. The smallest absolute Gasteiger partial charge is 0.0870 e. The van der Waals surface area contributed by atoms with Gasteiger partial charge in [-0.2, -0.15) is 0 Å². The molecule has 0 atom stereocenters. The van der Waals surface area contributed by atoms with E-state index in [1.54, 1.807) is 0 Å². The van der Waals surface area contributed by atoms with Gasteiger partial charge in [0.05, 0.1) is 17.1 Å². The highest BCUT2D eigenvalue weighted by atomic mass is 14.8. The summed E-state index contributed by atoms with van der Waals surface area (Å²) in [5, 5.41) is 0. The summed E-state index contributed by atoms with van der Waals surface area (Å²) in [6.45, 7) is 13.0. The van der Waals surface area contributed by atoms with Crippen molar-refractivity contribution >= 4 is 11.4 Å². The summed E-state index contributed by atoms with van der Waals surface area (Å²) >= 11 is 0. The summed E-state index contributed by atoms with van der Waals surface area (Å²) in [5.74, 6) is 0.963. The van der Waals surface area contributed by atoms with Gasteiger partial charge in [-0.3, -0.25) is 9.98 Å². The van der Waals surface area contributed by atoms with Crippen LogP contribution in [0.1, 0.15) is 68.8 Å². The molecule has 2 heteroatoms. The van der Waals surface area contributed by atoms with Gasteiger partial charge in [0.25, 0.3) is 0 Å². The van der Waals surface area contributed by atoms with E-state index in [1.807, 2.05) is 19.2 Å². The predicted octanol–water partition coefficient (Wildman–Crippen LogP) is 5.78. The molecule has 1 heterocycles. The van der Waals surface area contributed by atoms with Crippen molar-refractivity contribution in [2.45, 2.75) is 53.4 Å². The third-order valence-corrected chi connectivity index (χ3v) is 3.98. The number of hydrogen-bond donors (Lipinski definition) is 0. The third kappa shape index (κ3) is 3.62. The summed E-state index contributed by atoms with van der Waals surface area (Å²) in [7, 11) is 0. The largest absolute Gasteiger partial charge is 0.255 e. The van der Waals surface area contributed by atoms with Gasteiger partial charge in [-0.1, -0.05) is 45.9 Å². The molecule has 0 bridgehead atoms. The Morgan fingerprint density at radius 2 is 1.77 bits per heavy atom. The number of nitrogens with zero attached hydrogens (tertiary/aromatic N) is 2. The molecule has 0 amide bonds. The van der Waals surface area contributed by atoms with E-state index in [2.05, 4.69) is 63.9 Å². The zero-order chi connectivity index (χ0) is 16.3. The number of pyridine rings is 1. The van der Waals surface area contributed by atoms with E-state index in [1.165, 1.54) is 11.1 Å². The molecule has 2 rings (SSSR count). The lowest BCUT2D eigenvalue weighted by Crippen LogP contribution is -2.02. The molecular formula is C20H26N2. The molecule has 1 aromatic heterocycles. The van der Waals surface area contributed by atoms with E-state index < -0.39 is 0 Å². The van der Waals surface area contributed by atoms with Crippen LogP contribution in [0.2, 0.25) is 0 Å². The summed E-state index contributed by atoms with van der Waals surface area (Å²) in [6, 6.07) is 10.7. The Hall–Kier alpha value is -1.96. The third-order valence-electron chi connectivity index (χ3n) is 3.98. The fourth-order valence-electron chi connectivity index (χ4n) is 2.60. The van der Waals surface area contributed by atoms with Crippen LogP contribution in [0.4, 0.5) is 5.69 Å². The average Bonchev–Trinajstić information content (AvgIpc) is 2.47. The number of aliphatic imine (C=N–C) groups is 1. The molecule has 0 N–H and O–H groups in total. The second-order valence-electron chi connectivity index (χ2n) is 6.49. The molecule has 0 unspecified atom stereocenters. The van der Waals surface area contributed by atoms with Crippen LogP contribution in [0.5, 0.6) is 0 Å². The Labute approximate surface area is 134 Å². The maximum absolute atomic E-state index is 4.91. The van der Waals surface area contributed by atoms with Crippen LogP contribution in [0, 0.1) is 6.92 Å². The maximum Gasteiger partial charge on any atom is 0.0870 e. The first-order valence-corrected chi connectivity index (χ1v) is 8.01. The Morgan fingerprint density at radius 1 is 1.05 bits per heavy atom. The molecule has 0 radical (unpaired) electrons. The van der Waals surface area contributed by atoms with Gasteiger partial charge < -0.3 is 0 Å². The van der Waals surface area contributed by atoms with E-state index in [-0.39, 0.29) is 0 Å². The van der Waals surface area contributed by atoms with Crippen LogP contribution in [-0.2, 0) is 0 Å². The van der Waals surface area contributed by atoms with Crippen LogP contribution in [-0.4, -0.2) is 10.7 Å². The molecule has 22 heavy (non-hydrogen) atoms. The molecule has 0 saturated carbocycles. The lowest BCUT2D eigenvalue weighted by molar-refractivity contribution is 0.845. The van der Waals surface area contributed by atoms with Gasteiger partial charge in [-0.15, -0.1) is 0 Å². The van der Waals surface area contributed by atoms with Crippen LogP contribution in [0.25, 0.3) is 0 Å². The van der Waals surface area contributed by atoms with Crippen molar-refractivity contribution in [2.75, 3.05) is 0 Å². The van der Waals surface area contributed by atoms with Gasteiger partial charge in [0, 0.05) is 6.20 Å². The quantitative estimate of drug-likeness (QED) is 0.656. The molecule has 0 aliphatic heterocycles. The topological polar surface area (TPSA) is 25.2 Å². The van der Waals surface area contributed by atoms with Crippen molar-refractivity contribution in [3.8, 4) is 0 Å². The number of rotatable bonds is 4. The highest BCUT2D eigenvalue weighted by Crippen LogP contribution is 2.31. The van der Waals surface area contributed by atoms with Crippen LogP contribution in [0.3, 0.4) is 0 Å². The van der Waals surface area contributed by atoms with Crippen molar-refractivity contribution < 1.29 is 0 Å². The molecular weight excluding hydrogens is 268 g/mol. The zero-order valence-electron chi connectivity index (χ0n) is 14.5. The SMILES string of the molecule is CC(=Nc1cc(C(C)C)ccc1C(C)C)c1ncccc1C. The van der Waals surface area contributed by atoms with E-state index >= 15 is 0 Å². The first kappa shape index (κ1) is 16.4. The Balaban J connectivity index is 2.53. The van der Waals surface area contributed by atoms with Crippen LogP contribution < -0.4 is 0 Å². The van der Waals surface area contributed by atoms with Crippen LogP contribution in [0.15, 0.2) is 41.5 Å². The normalized spacial score (nSPS) is 12.3. The highest BCUT2D eigenvalue weighted by Gasteiger charge is 2.10. The van der Waals surface area contributed by atoms with Crippen molar-refractivity contribution in [3.05, 3.63) is 58.9 Å². The fraction of sp³-hybridized carbons (Fsp3) is 0.400. The molecule has 2 nitrogen and oxygen atoms in total. The number of hydrogen-bond acceptors (Lipinski definition) is 2. The fourth-order valence-corrected chi connectivity index (χ4v) is 2.60. The van der Waals surface area contributed by atoms with Crippen molar-refractivity contribution in [1.29, 1.82) is 0 Å². The van der Waals surface area contributed by atoms with Crippen molar-refractivity contribution in [1.82, 2.24) is 4.98 Å². The summed E-state index contributed by atoms with van der Waals surface area (Å²) in [6.07, 6.45) is 1.83. The number of aryl methyl sites for hydroxylation is 1. The molecule has 0 saturated heterocycles. The second-order valence-corrected chi connectivity index (χ2v) is 6.49. The molecule has 0 aliphatic carbocycles. The van der Waals surface area contributed by atoms with Gasteiger partial charge in [0.1, 0.15) is 0 Å². The minimum atomic E-state index is 0.456. The van der Waals surface area contributed by atoms with Gasteiger partial charge >= 0.3 is 0 Å². The van der Waals surface area contributed by atoms with E-state index in [4.69, 9.17) is 4.99 Å². The van der Waals surface area contributed by atoms with Gasteiger partial charge in [-0.05, 0) is 54.5 Å². The summed E-state index contributed by atoms with van der Waals surface area (Å²) in [5.41, 5.74) is 6.80. The Bertz CT molecular complexity index is 682. The minimum absolute atomic E-state index is 0.456. The molecule has 2 aromatic rings. The lowest BCUT2D eigenvalue weighted by atomic mass is 9.95. The Kier molecular flexibility index (Phi) is 5.12. The first-order valence-electron chi connectivity index (χ1n) is 8.01. The number of aromatic nitrogens is 1. The van der Waals surface area contributed by atoms with Crippen LogP contribution >= 0.6 is 0 Å². The van der Waals surface area contributed by atoms with Gasteiger partial charge in [-0.25, -0.2) is 0 Å². The van der Waals surface area contributed by atoms with E-state index in [0.29, 0.717) is 11.8 Å². The monoisotopic (exact) mass is 294 g/mol. The summed E-state index contributed by atoms with van der Waals surface area (Å²) < 4.78 is 0. The van der Waals surface area contributed by atoms with E-state index in [9.17, 15) is 0 Å². The van der Waals surface area contributed by atoms with Crippen molar-refractivity contribution in [2.24, 2.45) is 4.99 Å². The molecule has 1 aromatic carbocycles. The lowest BCUT2D eigenvalue weighted by Gasteiger charge is -2.14. The van der Waals surface area contributed by atoms with Gasteiger partial charge in [0.2, 0.25) is 0 Å². The minimum Gasteiger partial charge on any atom is -0.255 e. The standard InChI is InChI=1S/C20H26N2/c1-13(2)17-9-10-18(14(3)4)19(12-17)22-16(6)20-15(5)8-7-11-21-20/h7-14H,1-6H3. The second kappa shape index (κ2) is 6.87. The van der Waals surface area contributed by atoms with E-state index in [0.717, 1.165) is 22.7 Å². The van der Waals surface area contributed by atoms with Crippen molar-refractivity contribution in [3.63, 3.8) is 0 Å². The van der Waals surface area contributed by atoms with Gasteiger partial charge in [0.15, 0.2) is 0 Å².